The molecule has 0 spiro atoms. The number of hydrogen-bond donors (Lipinski definition) is 2. The maximum Gasteiger partial charge on any atom is 0.243 e. The van der Waals surface area contributed by atoms with Crippen molar-refractivity contribution < 1.29 is 4.79 Å². The number of carbonyl (C=O) groups excluding carboxylic acids is 1. The van der Waals surface area contributed by atoms with Gasteiger partial charge in [-0.05, 0) is 42.8 Å². The molecule has 110 valence electrons. The Bertz CT molecular complexity index is 674. The molecule has 21 heavy (non-hydrogen) atoms. The van der Waals surface area contributed by atoms with E-state index in [1.165, 1.54) is 0 Å². The number of halogens is 3. The highest BCUT2D eigenvalue weighted by Crippen LogP contribution is 2.25. The first kappa shape index (κ1) is 16.0. The molecule has 0 unspecified atom stereocenters. The van der Waals surface area contributed by atoms with Gasteiger partial charge in [-0.15, -0.1) is 0 Å². The van der Waals surface area contributed by atoms with Crippen LogP contribution in [-0.2, 0) is 4.79 Å². The van der Waals surface area contributed by atoms with E-state index in [9.17, 15) is 4.79 Å². The Morgan fingerprint density at radius 1 is 0.952 bits per heavy atom. The normalized spacial score (nSPS) is 10.3. The van der Waals surface area contributed by atoms with Crippen molar-refractivity contribution in [2.45, 2.75) is 6.92 Å². The first-order valence-electron chi connectivity index (χ1n) is 6.20. The van der Waals surface area contributed by atoms with Crippen molar-refractivity contribution >= 4 is 52.1 Å². The predicted molar refractivity (Wildman–Crippen MR) is 89.8 cm³/mol. The highest BCUT2D eigenvalue weighted by atomic mass is 35.5. The molecule has 0 aliphatic carbocycles. The minimum absolute atomic E-state index is 0.125. The summed E-state index contributed by atoms with van der Waals surface area (Å²) >= 11 is 17.7. The van der Waals surface area contributed by atoms with E-state index < -0.39 is 0 Å². The standard InChI is InChI=1S/C15H13Cl3N2O/c1-9-2-3-10(6-13(9)17)19-8-15(21)20-11-4-5-12(16)14(18)7-11/h2-7,19H,8H2,1H3,(H,20,21). The van der Waals surface area contributed by atoms with Gasteiger partial charge in [0, 0.05) is 16.4 Å². The van der Waals surface area contributed by atoms with E-state index in [1.807, 2.05) is 19.1 Å². The fourth-order valence-corrected chi connectivity index (χ4v) is 2.14. The van der Waals surface area contributed by atoms with E-state index in [-0.39, 0.29) is 12.5 Å². The zero-order valence-corrected chi connectivity index (χ0v) is 13.5. The van der Waals surface area contributed by atoms with Gasteiger partial charge in [-0.2, -0.15) is 0 Å². The first-order valence-corrected chi connectivity index (χ1v) is 7.34. The largest absolute Gasteiger partial charge is 0.376 e. The number of amides is 1. The van der Waals surface area contributed by atoms with Gasteiger partial charge >= 0.3 is 0 Å². The molecule has 3 nitrogen and oxygen atoms in total. The van der Waals surface area contributed by atoms with Crippen molar-refractivity contribution in [2.75, 3.05) is 17.2 Å². The zero-order valence-electron chi connectivity index (χ0n) is 11.2. The summed E-state index contributed by atoms with van der Waals surface area (Å²) in [5.41, 5.74) is 2.37. The van der Waals surface area contributed by atoms with Crippen molar-refractivity contribution in [1.82, 2.24) is 0 Å². The van der Waals surface area contributed by atoms with E-state index in [0.717, 1.165) is 11.3 Å². The molecule has 0 aliphatic rings. The lowest BCUT2D eigenvalue weighted by molar-refractivity contribution is -0.114. The van der Waals surface area contributed by atoms with Crippen molar-refractivity contribution in [3.63, 3.8) is 0 Å². The summed E-state index contributed by atoms with van der Waals surface area (Å²) in [4.78, 5) is 11.9. The molecule has 1 amide bonds. The predicted octanol–water partition coefficient (Wildman–Crippen LogP) is 5.01. The Morgan fingerprint density at radius 3 is 2.29 bits per heavy atom. The molecule has 2 rings (SSSR count). The second kappa shape index (κ2) is 7.03. The molecule has 0 bridgehead atoms. The Hall–Kier alpha value is -1.42. The number of nitrogens with one attached hydrogen (secondary N) is 2. The van der Waals surface area contributed by atoms with Gasteiger partial charge < -0.3 is 10.6 Å². The SMILES string of the molecule is Cc1ccc(NCC(=O)Nc2ccc(Cl)c(Cl)c2)cc1Cl. The van der Waals surface area contributed by atoms with Gasteiger partial charge in [0.2, 0.25) is 5.91 Å². The van der Waals surface area contributed by atoms with Gasteiger partial charge in [0.05, 0.1) is 16.6 Å². The highest BCUT2D eigenvalue weighted by molar-refractivity contribution is 6.42. The van der Waals surface area contributed by atoms with Crippen LogP contribution in [0.2, 0.25) is 15.1 Å². The molecule has 2 aromatic carbocycles. The summed E-state index contributed by atoms with van der Waals surface area (Å²) in [5.74, 6) is -0.190. The average Bonchev–Trinajstić information content (AvgIpc) is 2.44. The van der Waals surface area contributed by atoms with Crippen LogP contribution in [0, 0.1) is 6.92 Å². The summed E-state index contributed by atoms with van der Waals surface area (Å²) < 4.78 is 0. The summed E-state index contributed by atoms with van der Waals surface area (Å²) in [5, 5.41) is 7.23. The molecular weight excluding hydrogens is 331 g/mol. The fourth-order valence-electron chi connectivity index (χ4n) is 1.66. The average molecular weight is 344 g/mol. The quantitative estimate of drug-likeness (QED) is 0.819. The molecule has 2 aromatic rings. The second-order valence-electron chi connectivity index (χ2n) is 4.49. The number of aryl methyl sites for hydroxylation is 1. The number of rotatable bonds is 4. The molecule has 0 aromatic heterocycles. The van der Waals surface area contributed by atoms with Crippen molar-refractivity contribution in [2.24, 2.45) is 0 Å². The van der Waals surface area contributed by atoms with Crippen LogP contribution in [0.15, 0.2) is 36.4 Å². The molecule has 0 aliphatic heterocycles. The van der Waals surface area contributed by atoms with Crippen LogP contribution in [0.4, 0.5) is 11.4 Å². The topological polar surface area (TPSA) is 41.1 Å². The van der Waals surface area contributed by atoms with E-state index in [0.29, 0.717) is 20.8 Å². The first-order chi connectivity index (χ1) is 9.95. The van der Waals surface area contributed by atoms with Gasteiger partial charge in [0.15, 0.2) is 0 Å². The van der Waals surface area contributed by atoms with Crippen LogP contribution in [0.5, 0.6) is 0 Å². The van der Waals surface area contributed by atoms with Gasteiger partial charge in [0.1, 0.15) is 0 Å². The van der Waals surface area contributed by atoms with Gasteiger partial charge in [-0.1, -0.05) is 40.9 Å². The molecule has 0 radical (unpaired) electrons. The van der Waals surface area contributed by atoms with Crippen LogP contribution < -0.4 is 10.6 Å². The molecule has 0 heterocycles. The molecule has 2 N–H and O–H groups in total. The van der Waals surface area contributed by atoms with Crippen molar-refractivity contribution in [3.05, 3.63) is 57.0 Å². The van der Waals surface area contributed by atoms with Crippen LogP contribution >= 0.6 is 34.8 Å². The van der Waals surface area contributed by atoms with E-state index >= 15 is 0 Å². The lowest BCUT2D eigenvalue weighted by Crippen LogP contribution is -2.21. The lowest BCUT2D eigenvalue weighted by Gasteiger charge is -2.09. The molecule has 0 saturated carbocycles. The summed E-state index contributed by atoms with van der Waals surface area (Å²) in [6, 6.07) is 10.5. The minimum Gasteiger partial charge on any atom is -0.376 e. The number of carbonyl (C=O) groups is 1. The number of benzene rings is 2. The fraction of sp³-hybridized carbons (Fsp3) is 0.133. The Kier molecular flexibility index (Phi) is 5.34. The van der Waals surface area contributed by atoms with Crippen molar-refractivity contribution in [1.29, 1.82) is 0 Å². The summed E-state index contributed by atoms with van der Waals surface area (Å²) in [6.45, 7) is 2.04. The van der Waals surface area contributed by atoms with E-state index in [1.54, 1.807) is 24.3 Å². The summed E-state index contributed by atoms with van der Waals surface area (Å²) in [7, 11) is 0. The third-order valence-corrected chi connectivity index (χ3v) is 3.97. The van der Waals surface area contributed by atoms with Gasteiger partial charge in [0.25, 0.3) is 0 Å². The van der Waals surface area contributed by atoms with Gasteiger partial charge in [-0.25, -0.2) is 0 Å². The van der Waals surface area contributed by atoms with Crippen molar-refractivity contribution in [3.8, 4) is 0 Å². The van der Waals surface area contributed by atoms with E-state index in [2.05, 4.69) is 10.6 Å². The number of hydrogen-bond acceptors (Lipinski definition) is 2. The zero-order chi connectivity index (χ0) is 15.4. The monoisotopic (exact) mass is 342 g/mol. The van der Waals surface area contributed by atoms with Crippen LogP contribution in [0.25, 0.3) is 0 Å². The minimum atomic E-state index is -0.190. The maximum atomic E-state index is 11.9. The molecule has 0 atom stereocenters. The van der Waals surface area contributed by atoms with Crippen LogP contribution in [-0.4, -0.2) is 12.5 Å². The maximum absolute atomic E-state index is 11.9. The Balaban J connectivity index is 1.92. The lowest BCUT2D eigenvalue weighted by atomic mass is 10.2. The molecule has 0 saturated heterocycles. The Labute approximate surface area is 138 Å². The third-order valence-electron chi connectivity index (χ3n) is 2.83. The molecular formula is C15H13Cl3N2O. The highest BCUT2D eigenvalue weighted by Gasteiger charge is 2.05. The third kappa shape index (κ3) is 4.53. The van der Waals surface area contributed by atoms with E-state index in [4.69, 9.17) is 34.8 Å². The molecule has 6 heteroatoms. The second-order valence-corrected chi connectivity index (χ2v) is 5.72. The Morgan fingerprint density at radius 2 is 1.62 bits per heavy atom. The van der Waals surface area contributed by atoms with Crippen LogP contribution in [0.3, 0.4) is 0 Å². The van der Waals surface area contributed by atoms with Crippen LogP contribution in [0.1, 0.15) is 5.56 Å². The summed E-state index contributed by atoms with van der Waals surface area (Å²) in [6.07, 6.45) is 0. The molecule has 0 fully saturated rings. The smallest absolute Gasteiger partial charge is 0.243 e. The van der Waals surface area contributed by atoms with Gasteiger partial charge in [-0.3, -0.25) is 4.79 Å². The number of anilines is 2.